The minimum absolute atomic E-state index is 0.0350. The van der Waals surface area contributed by atoms with Gasteiger partial charge in [-0.05, 0) is 68.7 Å². The molecule has 0 saturated carbocycles. The van der Waals surface area contributed by atoms with Crippen molar-refractivity contribution in [3.63, 3.8) is 0 Å². The highest BCUT2D eigenvalue weighted by Crippen LogP contribution is 2.33. The molecular weight excluding hydrogens is 471 g/mol. The molecule has 0 aliphatic heterocycles. The topological polar surface area (TPSA) is 83.9 Å². The van der Waals surface area contributed by atoms with E-state index in [-0.39, 0.29) is 30.0 Å². The van der Waals surface area contributed by atoms with E-state index in [1.54, 1.807) is 19.9 Å². The van der Waals surface area contributed by atoms with E-state index in [4.69, 9.17) is 4.74 Å². The maximum Gasteiger partial charge on any atom is 0.417 e. The van der Waals surface area contributed by atoms with Gasteiger partial charge >= 0.3 is 12.1 Å². The Labute approximate surface area is 197 Å². The van der Waals surface area contributed by atoms with Crippen LogP contribution in [0.25, 0.3) is 0 Å². The number of halogens is 3. The van der Waals surface area contributed by atoms with E-state index >= 15 is 0 Å². The van der Waals surface area contributed by atoms with Crippen LogP contribution >= 0.6 is 0 Å². The summed E-state index contributed by atoms with van der Waals surface area (Å²) >= 11 is 0. The number of nitrogens with zero attached hydrogens (tertiary/aromatic N) is 1. The lowest BCUT2D eigenvalue weighted by Gasteiger charge is -2.16. The van der Waals surface area contributed by atoms with E-state index in [0.717, 1.165) is 12.1 Å². The smallest absolute Gasteiger partial charge is 0.417 e. The second kappa shape index (κ2) is 11.4. The third kappa shape index (κ3) is 7.23. The summed E-state index contributed by atoms with van der Waals surface area (Å²) in [5.74, 6) is 4.12. The van der Waals surface area contributed by atoms with E-state index in [0.29, 0.717) is 30.0 Å². The Balaban J connectivity index is 2.41. The minimum atomic E-state index is -4.70. The Morgan fingerprint density at radius 2 is 1.74 bits per heavy atom. The molecule has 0 aliphatic carbocycles. The van der Waals surface area contributed by atoms with Crippen molar-refractivity contribution in [3.8, 4) is 17.6 Å². The minimum Gasteiger partial charge on any atom is -0.508 e. The van der Waals surface area contributed by atoms with Gasteiger partial charge in [0.1, 0.15) is 5.75 Å². The van der Waals surface area contributed by atoms with Crippen LogP contribution in [-0.4, -0.2) is 49.8 Å². The van der Waals surface area contributed by atoms with Crippen molar-refractivity contribution in [1.82, 2.24) is 4.31 Å². The molecule has 1 N–H and O–H groups in total. The van der Waals surface area contributed by atoms with Gasteiger partial charge in [0.15, 0.2) is 0 Å². The van der Waals surface area contributed by atoms with Crippen LogP contribution in [0.1, 0.15) is 52.9 Å². The van der Waals surface area contributed by atoms with Crippen LogP contribution in [-0.2, 0) is 27.4 Å². The van der Waals surface area contributed by atoms with Crippen molar-refractivity contribution in [2.75, 3.05) is 26.0 Å². The van der Waals surface area contributed by atoms with E-state index in [1.165, 1.54) is 23.5 Å². The summed E-state index contributed by atoms with van der Waals surface area (Å²) < 4.78 is 70.1. The number of alkyl halides is 3. The van der Waals surface area contributed by atoms with Gasteiger partial charge in [0.2, 0.25) is 10.0 Å². The molecule has 0 aromatic heterocycles. The number of phenolic OH excluding ortho intramolecular Hbond substituents is 1. The van der Waals surface area contributed by atoms with Gasteiger partial charge in [-0.1, -0.05) is 11.8 Å². The summed E-state index contributed by atoms with van der Waals surface area (Å²) in [5.41, 5.74) is -0.129. The zero-order valence-corrected chi connectivity index (χ0v) is 19.9. The number of carbonyl (C=O) groups excluding carboxylic acids is 1. The number of esters is 1. The Morgan fingerprint density at radius 1 is 1.09 bits per heavy atom. The monoisotopic (exact) mass is 497 g/mol. The number of aromatic hydroxyl groups is 1. The maximum atomic E-state index is 13.3. The fourth-order valence-corrected chi connectivity index (χ4v) is 3.97. The second-order valence-electron chi connectivity index (χ2n) is 7.40. The number of phenols is 1. The molecule has 0 radical (unpaired) electrons. The standard InChI is InChI=1S/C24H26F3NO5S/c1-4-33-23(30)20-11-9-17(19(15-20)7-6-14-28(3)34(31,32)5-2)8-10-18-12-13-21(29)16-22(18)24(25,26)27/h9,11-13,15-16,29H,4-7,14H2,1-3H3. The number of ether oxygens (including phenoxy) is 1. The number of carbonyl (C=O) groups is 1. The van der Waals surface area contributed by atoms with Crippen molar-refractivity contribution in [2.24, 2.45) is 0 Å². The van der Waals surface area contributed by atoms with Crippen molar-refractivity contribution in [1.29, 1.82) is 0 Å². The summed E-state index contributed by atoms with van der Waals surface area (Å²) in [7, 11) is -1.89. The lowest BCUT2D eigenvalue weighted by molar-refractivity contribution is -0.137. The van der Waals surface area contributed by atoms with Gasteiger partial charge < -0.3 is 9.84 Å². The first-order valence-corrected chi connectivity index (χ1v) is 12.2. The molecule has 2 aromatic rings. The molecular formula is C24H26F3NO5S. The van der Waals surface area contributed by atoms with Crippen molar-refractivity contribution < 1.29 is 36.2 Å². The first kappa shape index (κ1) is 27.2. The van der Waals surface area contributed by atoms with Gasteiger partial charge in [-0.2, -0.15) is 13.2 Å². The molecule has 0 aliphatic rings. The number of hydrogen-bond donors (Lipinski definition) is 1. The third-order valence-electron chi connectivity index (χ3n) is 5.02. The van der Waals surface area contributed by atoms with E-state index < -0.39 is 33.5 Å². The van der Waals surface area contributed by atoms with Crippen LogP contribution < -0.4 is 0 Å². The largest absolute Gasteiger partial charge is 0.508 e. The molecule has 0 heterocycles. The average molecular weight is 498 g/mol. The van der Waals surface area contributed by atoms with Gasteiger partial charge in [-0.15, -0.1) is 0 Å². The normalized spacial score (nSPS) is 11.7. The molecule has 0 unspecified atom stereocenters. The number of rotatable bonds is 8. The fourth-order valence-electron chi connectivity index (χ4n) is 3.13. The highest BCUT2D eigenvalue weighted by atomic mass is 32.2. The van der Waals surface area contributed by atoms with E-state index in [1.807, 2.05) is 0 Å². The number of sulfonamides is 1. The summed E-state index contributed by atoms with van der Waals surface area (Å²) in [4.78, 5) is 12.1. The molecule has 6 nitrogen and oxygen atoms in total. The molecule has 0 spiro atoms. The molecule has 0 bridgehead atoms. The molecule has 0 atom stereocenters. The number of hydrogen-bond acceptors (Lipinski definition) is 5. The summed E-state index contributed by atoms with van der Waals surface area (Å²) in [5, 5.41) is 9.43. The molecule has 2 rings (SSSR count). The zero-order valence-electron chi connectivity index (χ0n) is 19.1. The lowest BCUT2D eigenvalue weighted by Crippen LogP contribution is -2.29. The lowest BCUT2D eigenvalue weighted by atomic mass is 9.99. The Morgan fingerprint density at radius 3 is 2.35 bits per heavy atom. The van der Waals surface area contributed by atoms with Crippen LogP contribution in [0, 0.1) is 11.8 Å². The van der Waals surface area contributed by atoms with Crippen LogP contribution in [0.4, 0.5) is 13.2 Å². The Hall–Kier alpha value is -3.03. The molecule has 34 heavy (non-hydrogen) atoms. The summed E-state index contributed by atoms with van der Waals surface area (Å²) in [6.45, 7) is 3.61. The molecule has 0 amide bonds. The maximum absolute atomic E-state index is 13.3. The molecule has 0 fully saturated rings. The average Bonchev–Trinajstić information content (AvgIpc) is 2.78. The summed E-state index contributed by atoms with van der Waals surface area (Å²) in [6, 6.07) is 7.36. The van der Waals surface area contributed by atoms with Crippen molar-refractivity contribution in [3.05, 3.63) is 64.2 Å². The fraction of sp³-hybridized carbons (Fsp3) is 0.375. The second-order valence-corrected chi connectivity index (χ2v) is 9.76. The molecule has 2 aromatic carbocycles. The highest BCUT2D eigenvalue weighted by Gasteiger charge is 2.33. The van der Waals surface area contributed by atoms with Crippen LogP contribution in [0.15, 0.2) is 36.4 Å². The van der Waals surface area contributed by atoms with Gasteiger partial charge in [0.05, 0.1) is 23.5 Å². The SMILES string of the molecule is CCOC(=O)c1ccc(C#Cc2ccc(O)cc2C(F)(F)F)c(CCCN(C)S(=O)(=O)CC)c1. The quantitative estimate of drug-likeness (QED) is 0.437. The Kier molecular flexibility index (Phi) is 9.13. The first-order chi connectivity index (χ1) is 15.9. The van der Waals surface area contributed by atoms with Crippen LogP contribution in [0.2, 0.25) is 0 Å². The highest BCUT2D eigenvalue weighted by molar-refractivity contribution is 7.89. The van der Waals surface area contributed by atoms with E-state index in [2.05, 4.69) is 11.8 Å². The summed E-state index contributed by atoms with van der Waals surface area (Å²) in [6.07, 6.45) is -3.96. The Bertz CT molecular complexity index is 1200. The zero-order chi connectivity index (χ0) is 25.5. The molecule has 0 saturated heterocycles. The van der Waals surface area contributed by atoms with Crippen LogP contribution in [0.3, 0.4) is 0 Å². The predicted octanol–water partition coefficient (Wildman–Crippen LogP) is 4.20. The van der Waals surface area contributed by atoms with Gasteiger partial charge in [0, 0.05) is 24.7 Å². The number of aryl methyl sites for hydroxylation is 1. The molecule has 184 valence electrons. The van der Waals surface area contributed by atoms with Gasteiger partial charge in [0.25, 0.3) is 0 Å². The number of benzene rings is 2. The van der Waals surface area contributed by atoms with Crippen molar-refractivity contribution in [2.45, 2.75) is 32.9 Å². The van der Waals surface area contributed by atoms with Gasteiger partial charge in [-0.3, -0.25) is 0 Å². The first-order valence-electron chi connectivity index (χ1n) is 10.5. The van der Waals surface area contributed by atoms with Crippen LogP contribution in [0.5, 0.6) is 5.75 Å². The predicted molar refractivity (Wildman–Crippen MR) is 122 cm³/mol. The molecule has 10 heteroatoms. The van der Waals surface area contributed by atoms with Gasteiger partial charge in [-0.25, -0.2) is 17.5 Å². The van der Waals surface area contributed by atoms with E-state index in [9.17, 15) is 31.5 Å². The third-order valence-corrected chi connectivity index (χ3v) is 6.88. The van der Waals surface area contributed by atoms with Crippen molar-refractivity contribution >= 4 is 16.0 Å².